The summed E-state index contributed by atoms with van der Waals surface area (Å²) in [5.74, 6) is -0.767. The minimum Gasteiger partial charge on any atom is -0.508 e. The molecule has 0 aromatic heterocycles. The molecule has 1 aromatic rings. The van der Waals surface area contributed by atoms with E-state index in [1.165, 1.54) is 25.1 Å². The molecule has 0 fully saturated rings. The van der Waals surface area contributed by atoms with Crippen LogP contribution in [0.4, 0.5) is 5.69 Å². The molecule has 18 heavy (non-hydrogen) atoms. The number of anilines is 1. The fourth-order valence-electron chi connectivity index (χ4n) is 1.26. The number of hydrogen-bond donors (Lipinski definition) is 2. The number of methoxy groups -OCH3 is 1. The third-order valence-corrected chi connectivity index (χ3v) is 4.10. The van der Waals surface area contributed by atoms with Gasteiger partial charge in [-0.3, -0.25) is 9.52 Å². The molecule has 0 aliphatic carbocycles. The maximum Gasteiger partial charge on any atom is 0.325 e. The Hall–Kier alpha value is -1.76. The summed E-state index contributed by atoms with van der Waals surface area (Å²) in [6, 6.07) is 4.25. The topological polar surface area (TPSA) is 92.7 Å². The summed E-state index contributed by atoms with van der Waals surface area (Å²) in [6.45, 7) is 2.87. The minimum absolute atomic E-state index is 0.0685. The number of rotatable bonds is 4. The number of phenolic OH excluding ortho intramolecular Hbond substituents is 1. The number of hydrogen-bond acceptors (Lipinski definition) is 5. The first-order chi connectivity index (χ1) is 8.27. The normalized spacial score (nSPS) is 12.8. The van der Waals surface area contributed by atoms with Crippen LogP contribution in [0.1, 0.15) is 12.5 Å². The zero-order valence-corrected chi connectivity index (χ0v) is 11.1. The average molecular weight is 273 g/mol. The van der Waals surface area contributed by atoms with Crippen LogP contribution >= 0.6 is 0 Å². The van der Waals surface area contributed by atoms with Gasteiger partial charge >= 0.3 is 5.97 Å². The van der Waals surface area contributed by atoms with Crippen molar-refractivity contribution in [3.63, 3.8) is 0 Å². The smallest absolute Gasteiger partial charge is 0.325 e. The van der Waals surface area contributed by atoms with E-state index in [4.69, 9.17) is 0 Å². The van der Waals surface area contributed by atoms with Crippen LogP contribution in [0.15, 0.2) is 18.2 Å². The Bertz CT molecular complexity index is 553. The van der Waals surface area contributed by atoms with Crippen LogP contribution in [-0.4, -0.2) is 31.9 Å². The maximum absolute atomic E-state index is 11.8. The van der Waals surface area contributed by atoms with Crippen LogP contribution in [0.3, 0.4) is 0 Å². The maximum atomic E-state index is 11.8. The van der Waals surface area contributed by atoms with Crippen LogP contribution in [0.5, 0.6) is 5.75 Å². The summed E-state index contributed by atoms with van der Waals surface area (Å²) < 4.78 is 30.3. The van der Waals surface area contributed by atoms with Crippen molar-refractivity contribution in [3.8, 4) is 5.75 Å². The van der Waals surface area contributed by atoms with Gasteiger partial charge in [0, 0.05) is 5.69 Å². The standard InChI is InChI=1S/C11H15NO5S/c1-7-6-9(4-5-10(7)13)12-18(15,16)8(2)11(14)17-3/h4-6,8,12-13H,1-3H3. The quantitative estimate of drug-likeness (QED) is 0.630. The number of sulfonamides is 1. The van der Waals surface area contributed by atoms with Crippen molar-refractivity contribution >= 4 is 21.7 Å². The Labute approximate surface area is 106 Å². The van der Waals surface area contributed by atoms with E-state index in [-0.39, 0.29) is 11.4 Å². The molecule has 7 heteroatoms. The van der Waals surface area contributed by atoms with Crippen molar-refractivity contribution in [2.24, 2.45) is 0 Å². The molecule has 0 heterocycles. The van der Waals surface area contributed by atoms with E-state index in [1.807, 2.05) is 0 Å². The third-order valence-electron chi connectivity index (χ3n) is 2.46. The molecular weight excluding hydrogens is 258 g/mol. The van der Waals surface area contributed by atoms with Gasteiger partial charge in [0.25, 0.3) is 0 Å². The molecule has 0 radical (unpaired) electrons. The van der Waals surface area contributed by atoms with Crippen LogP contribution in [0, 0.1) is 6.92 Å². The Morgan fingerprint density at radius 3 is 2.56 bits per heavy atom. The molecule has 6 nitrogen and oxygen atoms in total. The Morgan fingerprint density at radius 1 is 1.44 bits per heavy atom. The molecule has 0 bridgehead atoms. The van der Waals surface area contributed by atoms with E-state index in [2.05, 4.69) is 9.46 Å². The van der Waals surface area contributed by atoms with E-state index >= 15 is 0 Å². The summed E-state index contributed by atoms with van der Waals surface area (Å²) >= 11 is 0. The number of nitrogens with one attached hydrogen (secondary N) is 1. The second kappa shape index (κ2) is 5.26. The second-order valence-corrected chi connectivity index (χ2v) is 5.81. The van der Waals surface area contributed by atoms with Crippen molar-refractivity contribution in [2.45, 2.75) is 19.1 Å². The van der Waals surface area contributed by atoms with Crippen molar-refractivity contribution in [2.75, 3.05) is 11.8 Å². The van der Waals surface area contributed by atoms with Crippen molar-refractivity contribution in [3.05, 3.63) is 23.8 Å². The van der Waals surface area contributed by atoms with Gasteiger partial charge in [0.1, 0.15) is 5.75 Å². The molecule has 1 rings (SSSR count). The molecule has 0 amide bonds. The van der Waals surface area contributed by atoms with E-state index in [9.17, 15) is 18.3 Å². The number of aryl methyl sites for hydroxylation is 1. The van der Waals surface area contributed by atoms with Crippen LogP contribution < -0.4 is 4.72 Å². The van der Waals surface area contributed by atoms with E-state index in [0.717, 1.165) is 7.11 Å². The molecule has 1 atom stereocenters. The van der Waals surface area contributed by atoms with Gasteiger partial charge in [0.2, 0.25) is 10.0 Å². The molecule has 0 aliphatic rings. The highest BCUT2D eigenvalue weighted by molar-refractivity contribution is 7.94. The summed E-state index contributed by atoms with van der Waals surface area (Å²) in [6.07, 6.45) is 0. The number of carbonyl (C=O) groups is 1. The number of ether oxygens (including phenoxy) is 1. The number of phenols is 1. The average Bonchev–Trinajstić information content (AvgIpc) is 2.31. The predicted molar refractivity (Wildman–Crippen MR) is 66.9 cm³/mol. The second-order valence-electron chi connectivity index (χ2n) is 3.81. The van der Waals surface area contributed by atoms with Crippen molar-refractivity contribution in [1.82, 2.24) is 0 Å². The van der Waals surface area contributed by atoms with Gasteiger partial charge in [-0.15, -0.1) is 0 Å². The third kappa shape index (κ3) is 3.13. The zero-order valence-electron chi connectivity index (χ0n) is 10.3. The zero-order chi connectivity index (χ0) is 13.9. The first kappa shape index (κ1) is 14.3. The van der Waals surface area contributed by atoms with Gasteiger partial charge in [0.15, 0.2) is 5.25 Å². The lowest BCUT2D eigenvalue weighted by molar-refractivity contribution is -0.139. The fourth-order valence-corrected chi connectivity index (χ4v) is 2.25. The summed E-state index contributed by atoms with van der Waals surface area (Å²) in [7, 11) is -2.74. The fraction of sp³-hybridized carbons (Fsp3) is 0.364. The Morgan fingerprint density at radius 2 is 2.06 bits per heavy atom. The molecule has 0 saturated carbocycles. The number of carbonyl (C=O) groups excluding carboxylic acids is 1. The number of aromatic hydroxyl groups is 1. The highest BCUT2D eigenvalue weighted by Crippen LogP contribution is 2.21. The van der Waals surface area contributed by atoms with Crippen LogP contribution in [-0.2, 0) is 19.6 Å². The monoisotopic (exact) mass is 273 g/mol. The number of benzene rings is 1. The molecule has 1 unspecified atom stereocenters. The lowest BCUT2D eigenvalue weighted by Crippen LogP contribution is -2.33. The van der Waals surface area contributed by atoms with Crippen molar-refractivity contribution in [1.29, 1.82) is 0 Å². The Balaban J connectivity index is 2.95. The van der Waals surface area contributed by atoms with Crippen LogP contribution in [0.2, 0.25) is 0 Å². The molecule has 100 valence electrons. The van der Waals surface area contributed by atoms with Gasteiger partial charge in [0.05, 0.1) is 7.11 Å². The largest absolute Gasteiger partial charge is 0.508 e. The van der Waals surface area contributed by atoms with E-state index in [1.54, 1.807) is 6.92 Å². The molecule has 2 N–H and O–H groups in total. The minimum atomic E-state index is -3.86. The van der Waals surface area contributed by atoms with Gasteiger partial charge in [-0.1, -0.05) is 0 Å². The lowest BCUT2D eigenvalue weighted by Gasteiger charge is -2.13. The molecule has 0 aliphatic heterocycles. The summed E-state index contributed by atoms with van der Waals surface area (Å²) in [5, 5.41) is 8.02. The van der Waals surface area contributed by atoms with Gasteiger partial charge < -0.3 is 9.84 Å². The first-order valence-electron chi connectivity index (χ1n) is 5.17. The first-order valence-corrected chi connectivity index (χ1v) is 6.71. The highest BCUT2D eigenvalue weighted by Gasteiger charge is 2.28. The molecular formula is C11H15NO5S. The van der Waals surface area contributed by atoms with Gasteiger partial charge in [-0.05, 0) is 37.6 Å². The highest BCUT2D eigenvalue weighted by atomic mass is 32.2. The predicted octanol–water partition coefficient (Wildman–Crippen LogP) is 1.00. The van der Waals surface area contributed by atoms with Gasteiger partial charge in [-0.25, -0.2) is 8.42 Å². The van der Waals surface area contributed by atoms with Gasteiger partial charge in [-0.2, -0.15) is 0 Å². The molecule has 0 saturated heterocycles. The van der Waals surface area contributed by atoms with Crippen LogP contribution in [0.25, 0.3) is 0 Å². The Kier molecular flexibility index (Phi) is 4.18. The molecule has 0 spiro atoms. The van der Waals surface area contributed by atoms with E-state index in [0.29, 0.717) is 5.56 Å². The lowest BCUT2D eigenvalue weighted by atomic mass is 10.2. The molecule has 1 aromatic carbocycles. The van der Waals surface area contributed by atoms with E-state index < -0.39 is 21.2 Å². The SMILES string of the molecule is COC(=O)C(C)S(=O)(=O)Nc1ccc(O)c(C)c1. The summed E-state index contributed by atoms with van der Waals surface area (Å²) in [5.41, 5.74) is 0.807. The summed E-state index contributed by atoms with van der Waals surface area (Å²) in [4.78, 5) is 11.2. The van der Waals surface area contributed by atoms with Crippen molar-refractivity contribution < 1.29 is 23.1 Å². The number of esters is 1.